The molecule has 0 aromatic rings. The van der Waals surface area contributed by atoms with Crippen molar-refractivity contribution in [2.75, 3.05) is 0 Å². The van der Waals surface area contributed by atoms with Crippen LogP contribution in [0.25, 0.3) is 0 Å². The van der Waals surface area contributed by atoms with Gasteiger partial charge in [-0.05, 0) is 110 Å². The van der Waals surface area contributed by atoms with Gasteiger partial charge in [-0.3, -0.25) is 4.79 Å². The zero-order valence-corrected chi connectivity index (χ0v) is 21.5. The van der Waals surface area contributed by atoms with Crippen molar-refractivity contribution in [2.45, 2.75) is 125 Å². The predicted molar refractivity (Wildman–Crippen MR) is 131 cm³/mol. The highest BCUT2D eigenvalue weighted by Gasteiger charge is 2.60. The van der Waals surface area contributed by atoms with Gasteiger partial charge in [0.05, 0.1) is 0 Å². The van der Waals surface area contributed by atoms with Gasteiger partial charge in [-0.25, -0.2) is 0 Å². The van der Waals surface area contributed by atoms with Crippen LogP contribution >= 0.6 is 0 Å². The monoisotopic (exact) mass is 429 g/mol. The first-order valence-corrected chi connectivity index (χ1v) is 13.9. The van der Waals surface area contributed by atoms with Gasteiger partial charge in [0, 0.05) is 13.0 Å². The quantitative estimate of drug-likeness (QED) is 0.462. The lowest BCUT2D eigenvalue weighted by Gasteiger charge is -2.61. The minimum absolute atomic E-state index is 0.162. The van der Waals surface area contributed by atoms with Gasteiger partial charge >= 0.3 is 0 Å². The summed E-state index contributed by atoms with van der Waals surface area (Å²) in [5, 5.41) is 3.25. The van der Waals surface area contributed by atoms with Gasteiger partial charge in [-0.2, -0.15) is 0 Å². The molecule has 0 spiro atoms. The summed E-state index contributed by atoms with van der Waals surface area (Å²) in [5.41, 5.74) is 1.13. The van der Waals surface area contributed by atoms with E-state index >= 15 is 0 Å². The third kappa shape index (κ3) is 4.35. The average Bonchev–Trinajstić information content (AvgIpc) is 3.05. The molecule has 0 aromatic carbocycles. The summed E-state index contributed by atoms with van der Waals surface area (Å²) in [5.74, 6) is 6.62. The molecule has 4 saturated carbocycles. The van der Waals surface area contributed by atoms with E-state index in [9.17, 15) is 4.79 Å². The number of carbonyl (C=O) groups is 1. The fourth-order valence-corrected chi connectivity index (χ4v) is 9.70. The SMILES string of the molecule is CC(=O)NC1CC[C@@]2(C)[C@@H](CC[C@@H]3[C@@H]2CC[C@]2(C)[C@@H]([C@H](C)CCCC(C)C)CC[C@@H]32)C1. The van der Waals surface area contributed by atoms with Gasteiger partial charge in [0.25, 0.3) is 0 Å². The Bertz CT molecular complexity index is 643. The molecule has 31 heavy (non-hydrogen) atoms. The summed E-state index contributed by atoms with van der Waals surface area (Å²) in [7, 11) is 0. The lowest BCUT2D eigenvalue weighted by molar-refractivity contribution is -0.126. The van der Waals surface area contributed by atoms with E-state index in [4.69, 9.17) is 0 Å². The standard InChI is InChI=1S/C29H51NO/c1-19(2)8-7-9-20(3)25-12-13-26-24-11-10-22-18-23(30-21(4)31)14-16-28(22,5)27(24)15-17-29(25,26)6/h19-20,22-27H,7-18H2,1-6H3,(H,30,31)/t20-,22+,23?,24+,25-,26+,27+,28+,29-/m1/s1. The number of rotatable bonds is 6. The number of nitrogens with one attached hydrogen (secondary N) is 1. The molecule has 1 unspecified atom stereocenters. The summed E-state index contributed by atoms with van der Waals surface area (Å²) in [6.45, 7) is 14.4. The minimum Gasteiger partial charge on any atom is -0.354 e. The van der Waals surface area contributed by atoms with Crippen LogP contribution in [-0.4, -0.2) is 11.9 Å². The highest BCUT2D eigenvalue weighted by atomic mass is 16.1. The molecule has 0 heterocycles. The van der Waals surface area contributed by atoms with E-state index in [1.54, 1.807) is 6.92 Å². The molecule has 1 N–H and O–H groups in total. The van der Waals surface area contributed by atoms with Crippen LogP contribution in [-0.2, 0) is 4.79 Å². The fraction of sp³-hybridized carbons (Fsp3) is 0.966. The maximum absolute atomic E-state index is 11.6. The van der Waals surface area contributed by atoms with E-state index in [0.717, 1.165) is 41.4 Å². The molecule has 0 saturated heterocycles. The van der Waals surface area contributed by atoms with Crippen LogP contribution in [0.15, 0.2) is 0 Å². The Hall–Kier alpha value is -0.530. The van der Waals surface area contributed by atoms with Crippen molar-refractivity contribution < 1.29 is 4.79 Å². The van der Waals surface area contributed by atoms with Gasteiger partial charge in [-0.15, -0.1) is 0 Å². The number of hydrogen-bond acceptors (Lipinski definition) is 1. The van der Waals surface area contributed by atoms with Crippen LogP contribution in [0.2, 0.25) is 0 Å². The van der Waals surface area contributed by atoms with Crippen LogP contribution in [0.3, 0.4) is 0 Å². The topological polar surface area (TPSA) is 29.1 Å². The van der Waals surface area contributed by atoms with Gasteiger partial charge in [0.15, 0.2) is 0 Å². The Balaban J connectivity index is 1.43. The zero-order chi connectivity index (χ0) is 22.4. The van der Waals surface area contributed by atoms with Crippen molar-refractivity contribution in [3.05, 3.63) is 0 Å². The summed E-state index contributed by atoms with van der Waals surface area (Å²) >= 11 is 0. The first-order chi connectivity index (χ1) is 14.6. The molecular formula is C29H51NO. The van der Waals surface area contributed by atoms with Crippen LogP contribution in [0.4, 0.5) is 0 Å². The summed E-state index contributed by atoms with van der Waals surface area (Å²) in [6.07, 6.45) is 16.9. The summed E-state index contributed by atoms with van der Waals surface area (Å²) in [4.78, 5) is 11.6. The first-order valence-electron chi connectivity index (χ1n) is 13.9. The van der Waals surface area contributed by atoms with E-state index in [1.807, 2.05) is 0 Å². The van der Waals surface area contributed by atoms with Gasteiger partial charge < -0.3 is 5.32 Å². The molecular weight excluding hydrogens is 378 g/mol. The molecule has 0 bridgehead atoms. The van der Waals surface area contributed by atoms with Crippen molar-refractivity contribution in [3.63, 3.8) is 0 Å². The fourth-order valence-electron chi connectivity index (χ4n) is 9.70. The number of amides is 1. The number of hydrogen-bond donors (Lipinski definition) is 1. The van der Waals surface area contributed by atoms with Crippen molar-refractivity contribution in [1.82, 2.24) is 5.32 Å². The molecule has 2 nitrogen and oxygen atoms in total. The summed E-state index contributed by atoms with van der Waals surface area (Å²) in [6, 6.07) is 0.434. The highest BCUT2D eigenvalue weighted by molar-refractivity contribution is 5.73. The number of carbonyl (C=O) groups excluding carboxylic acids is 1. The maximum Gasteiger partial charge on any atom is 0.217 e. The van der Waals surface area contributed by atoms with Crippen LogP contribution in [0, 0.1) is 52.3 Å². The molecule has 9 atom stereocenters. The number of fused-ring (bicyclic) bond motifs is 5. The van der Waals surface area contributed by atoms with Crippen molar-refractivity contribution in [3.8, 4) is 0 Å². The van der Waals surface area contributed by atoms with E-state index in [2.05, 4.69) is 39.9 Å². The van der Waals surface area contributed by atoms with Crippen molar-refractivity contribution >= 4 is 5.91 Å². The van der Waals surface area contributed by atoms with Gasteiger partial charge in [-0.1, -0.05) is 53.9 Å². The molecule has 0 aromatic heterocycles. The third-order valence-electron chi connectivity index (χ3n) is 11.3. The lowest BCUT2D eigenvalue weighted by atomic mass is 9.44. The Labute approximate surface area is 193 Å². The van der Waals surface area contributed by atoms with E-state index < -0.39 is 0 Å². The second kappa shape index (κ2) is 9.02. The molecule has 2 heteroatoms. The molecule has 0 radical (unpaired) electrons. The minimum atomic E-state index is 0.162. The molecule has 1 amide bonds. The van der Waals surface area contributed by atoms with Crippen LogP contribution in [0.1, 0.15) is 119 Å². The highest BCUT2D eigenvalue weighted by Crippen LogP contribution is 2.68. The van der Waals surface area contributed by atoms with Crippen LogP contribution < -0.4 is 5.32 Å². The Morgan fingerprint density at radius 1 is 0.903 bits per heavy atom. The smallest absolute Gasteiger partial charge is 0.217 e. The Kier molecular flexibility index (Phi) is 6.87. The van der Waals surface area contributed by atoms with Crippen molar-refractivity contribution in [2.24, 2.45) is 52.3 Å². The zero-order valence-electron chi connectivity index (χ0n) is 21.5. The van der Waals surface area contributed by atoms with Crippen LogP contribution in [0.5, 0.6) is 0 Å². The first kappa shape index (κ1) is 23.6. The lowest BCUT2D eigenvalue weighted by Crippen LogP contribution is -2.55. The van der Waals surface area contributed by atoms with Gasteiger partial charge in [0.2, 0.25) is 5.91 Å². The maximum atomic E-state index is 11.6. The molecule has 178 valence electrons. The average molecular weight is 430 g/mol. The molecule has 4 rings (SSSR count). The second-order valence-corrected chi connectivity index (χ2v) is 13.4. The van der Waals surface area contributed by atoms with Crippen molar-refractivity contribution in [1.29, 1.82) is 0 Å². The van der Waals surface area contributed by atoms with E-state index in [1.165, 1.54) is 77.0 Å². The Morgan fingerprint density at radius 2 is 1.61 bits per heavy atom. The molecule has 4 fully saturated rings. The molecule has 0 aliphatic heterocycles. The largest absolute Gasteiger partial charge is 0.354 e. The normalized spacial score (nSPS) is 45.5. The van der Waals surface area contributed by atoms with E-state index in [-0.39, 0.29) is 5.91 Å². The predicted octanol–water partition coefficient (Wildman–Crippen LogP) is 7.61. The Morgan fingerprint density at radius 3 is 2.32 bits per heavy atom. The van der Waals surface area contributed by atoms with E-state index in [0.29, 0.717) is 16.9 Å². The second-order valence-electron chi connectivity index (χ2n) is 13.4. The van der Waals surface area contributed by atoms with Gasteiger partial charge in [0.1, 0.15) is 0 Å². The summed E-state index contributed by atoms with van der Waals surface area (Å²) < 4.78 is 0. The third-order valence-corrected chi connectivity index (χ3v) is 11.3. The molecule has 4 aliphatic rings. The molecule has 4 aliphatic carbocycles.